The van der Waals surface area contributed by atoms with Gasteiger partial charge in [-0.25, -0.2) is 0 Å². The van der Waals surface area contributed by atoms with Crippen LogP contribution >= 0.6 is 0 Å². The van der Waals surface area contributed by atoms with Crippen molar-refractivity contribution in [2.75, 3.05) is 0 Å². The fraction of sp³-hybridized carbons (Fsp3) is 0. The van der Waals surface area contributed by atoms with Crippen LogP contribution in [0.5, 0.6) is 0 Å². The van der Waals surface area contributed by atoms with Crippen molar-refractivity contribution in [2.45, 2.75) is 0 Å². The van der Waals surface area contributed by atoms with Crippen LogP contribution in [0.2, 0.25) is 0 Å². The zero-order valence-electron chi connectivity index (χ0n) is 18.8. The first-order valence-corrected chi connectivity index (χ1v) is 11.3. The molecule has 0 unspecified atom stereocenters. The van der Waals surface area contributed by atoms with Gasteiger partial charge in [0.25, 0.3) is 0 Å². The van der Waals surface area contributed by atoms with Crippen molar-refractivity contribution in [1.29, 1.82) is 0 Å². The van der Waals surface area contributed by atoms with E-state index in [4.69, 9.17) is 4.98 Å². The third-order valence-corrected chi connectivity index (χ3v) is 5.97. The van der Waals surface area contributed by atoms with Crippen molar-refractivity contribution in [1.82, 2.24) is 9.97 Å². The van der Waals surface area contributed by atoms with Crippen molar-refractivity contribution in [3.63, 3.8) is 0 Å². The average Bonchev–Trinajstić information content (AvgIpc) is 2.92. The topological polar surface area (TPSA) is 25.8 Å². The largest absolute Gasteiger partial charge is 2.00 e. The maximum Gasteiger partial charge on any atom is 2.00 e. The maximum absolute atomic E-state index is 4.88. The number of hydrogen-bond donors (Lipinski definition) is 0. The van der Waals surface area contributed by atoms with E-state index in [9.17, 15) is 0 Å². The summed E-state index contributed by atoms with van der Waals surface area (Å²) >= 11 is 0. The third kappa shape index (κ3) is 4.57. The molecule has 0 aliphatic carbocycles. The Hall–Kier alpha value is -3.90. The quantitative estimate of drug-likeness (QED) is 0.169. The van der Waals surface area contributed by atoms with E-state index in [1.165, 1.54) is 10.8 Å². The second-order valence-corrected chi connectivity index (χ2v) is 8.10. The standard InChI is InChI=1S/C32H20N2.Pd/c1-2-11-25(12-3-1)31-26(18-17-23-9-4-6-14-28(23)31)19-20-27-13-8-16-30(34-27)32-29-15-7-5-10-24(29)21-22-33-32;/h1-11,13-18,20-22H;/q-2;+2. The van der Waals surface area contributed by atoms with Gasteiger partial charge in [-0.3, -0.25) is 9.97 Å². The molecule has 3 heteroatoms. The van der Waals surface area contributed by atoms with Crippen LogP contribution in [0.1, 0.15) is 11.3 Å². The van der Waals surface area contributed by atoms with Gasteiger partial charge in [-0.05, 0) is 28.6 Å². The van der Waals surface area contributed by atoms with Gasteiger partial charge in [0.1, 0.15) is 0 Å². The van der Waals surface area contributed by atoms with Gasteiger partial charge in [-0.2, -0.15) is 0 Å². The third-order valence-electron chi connectivity index (χ3n) is 5.97. The van der Waals surface area contributed by atoms with Crippen LogP contribution in [0.4, 0.5) is 0 Å². The van der Waals surface area contributed by atoms with Crippen molar-refractivity contribution < 1.29 is 20.4 Å². The van der Waals surface area contributed by atoms with Gasteiger partial charge in [-0.1, -0.05) is 72.1 Å². The second-order valence-electron chi connectivity index (χ2n) is 8.10. The number of pyridine rings is 2. The van der Waals surface area contributed by atoms with Crippen molar-refractivity contribution >= 4 is 27.6 Å². The molecule has 0 amide bonds. The predicted octanol–water partition coefficient (Wildman–Crippen LogP) is 7.78. The van der Waals surface area contributed by atoms with Gasteiger partial charge < -0.3 is 0 Å². The van der Waals surface area contributed by atoms with Crippen LogP contribution in [0, 0.1) is 12.1 Å². The Morgan fingerprint density at radius 1 is 0.686 bits per heavy atom. The fourth-order valence-corrected chi connectivity index (χ4v) is 4.37. The molecule has 168 valence electrons. The smallest absolute Gasteiger partial charge is 0.294 e. The van der Waals surface area contributed by atoms with Crippen molar-refractivity contribution in [2.24, 2.45) is 0 Å². The first kappa shape index (κ1) is 22.9. The van der Waals surface area contributed by atoms with E-state index in [0.29, 0.717) is 0 Å². The van der Waals surface area contributed by atoms with Crippen LogP contribution in [0.15, 0.2) is 115 Å². The van der Waals surface area contributed by atoms with E-state index in [2.05, 4.69) is 71.7 Å². The molecule has 6 aromatic rings. The van der Waals surface area contributed by atoms with E-state index < -0.39 is 0 Å². The molecule has 35 heavy (non-hydrogen) atoms. The molecule has 0 aliphatic rings. The Morgan fingerprint density at radius 3 is 2.29 bits per heavy atom. The molecule has 0 aliphatic heterocycles. The molecule has 0 N–H and O–H groups in total. The van der Waals surface area contributed by atoms with E-state index in [1.807, 2.05) is 66.9 Å². The zero-order chi connectivity index (χ0) is 22.7. The van der Waals surface area contributed by atoms with Gasteiger partial charge in [0.2, 0.25) is 0 Å². The number of hydrogen-bond acceptors (Lipinski definition) is 2. The molecular formula is C32H20N2Pd. The van der Waals surface area contributed by atoms with Crippen molar-refractivity contribution in [3.05, 3.63) is 139 Å². The summed E-state index contributed by atoms with van der Waals surface area (Å²) in [5.41, 5.74) is 5.76. The fourth-order valence-electron chi connectivity index (χ4n) is 4.37. The Balaban J connectivity index is 0.00000253. The number of fused-ring (bicyclic) bond motifs is 2. The number of benzene rings is 4. The van der Waals surface area contributed by atoms with Crippen molar-refractivity contribution in [3.8, 4) is 22.5 Å². The monoisotopic (exact) mass is 538 g/mol. The summed E-state index contributed by atoms with van der Waals surface area (Å²) in [6.07, 6.45) is 7.30. The molecule has 2 heterocycles. The van der Waals surface area contributed by atoms with Gasteiger partial charge in [0.15, 0.2) is 0 Å². The molecule has 4 aromatic carbocycles. The average molecular weight is 539 g/mol. The summed E-state index contributed by atoms with van der Waals surface area (Å²) in [5.74, 6) is 0. The van der Waals surface area contributed by atoms with Gasteiger partial charge in [0, 0.05) is 11.6 Å². The van der Waals surface area contributed by atoms with Gasteiger partial charge in [-0.15, -0.1) is 65.2 Å². The predicted molar refractivity (Wildman–Crippen MR) is 140 cm³/mol. The molecule has 0 saturated heterocycles. The minimum absolute atomic E-state index is 0. The Labute approximate surface area is 218 Å². The molecule has 0 bridgehead atoms. The summed E-state index contributed by atoms with van der Waals surface area (Å²) in [4.78, 5) is 9.51. The van der Waals surface area contributed by atoms with Crippen LogP contribution in [0.3, 0.4) is 0 Å². The van der Waals surface area contributed by atoms with Crippen LogP contribution in [-0.2, 0) is 20.4 Å². The Morgan fingerprint density at radius 2 is 1.46 bits per heavy atom. The number of rotatable bonds is 4. The summed E-state index contributed by atoms with van der Waals surface area (Å²) in [6.45, 7) is 0. The van der Waals surface area contributed by atoms with Gasteiger partial charge >= 0.3 is 20.4 Å². The summed E-state index contributed by atoms with van der Waals surface area (Å²) in [5, 5.41) is 4.63. The molecule has 6 rings (SSSR count). The molecule has 0 spiro atoms. The molecule has 2 nitrogen and oxygen atoms in total. The van der Waals surface area contributed by atoms with Gasteiger partial charge in [0.05, 0.1) is 11.4 Å². The zero-order valence-corrected chi connectivity index (χ0v) is 20.3. The van der Waals surface area contributed by atoms with Crippen LogP contribution < -0.4 is 0 Å². The SMILES string of the molecule is [C-](=Cc1cccc(-c2nccc3ccccc23)n1)c1ccc2ccccc2c1-c1[c-]cccc1.[Pd+2]. The van der Waals surface area contributed by atoms with E-state index in [0.717, 1.165) is 44.5 Å². The maximum atomic E-state index is 4.88. The number of nitrogens with zero attached hydrogens (tertiary/aromatic N) is 2. The first-order chi connectivity index (χ1) is 16.9. The Kier molecular flexibility index (Phi) is 6.64. The minimum atomic E-state index is 0. The van der Waals surface area contributed by atoms with Crippen LogP contribution in [-0.4, -0.2) is 9.97 Å². The Bertz CT molecular complexity index is 1650. The van der Waals surface area contributed by atoms with Crippen LogP contribution in [0.25, 0.3) is 50.1 Å². The van der Waals surface area contributed by atoms with E-state index in [-0.39, 0.29) is 20.4 Å². The van der Waals surface area contributed by atoms with E-state index in [1.54, 1.807) is 0 Å². The van der Waals surface area contributed by atoms with E-state index >= 15 is 0 Å². The second kappa shape index (κ2) is 10.2. The molecule has 0 saturated carbocycles. The first-order valence-electron chi connectivity index (χ1n) is 11.3. The summed E-state index contributed by atoms with van der Waals surface area (Å²) < 4.78 is 0. The molecule has 0 radical (unpaired) electrons. The molecule has 0 fully saturated rings. The number of aromatic nitrogens is 2. The molecular weight excluding hydrogens is 519 g/mol. The minimum Gasteiger partial charge on any atom is -0.294 e. The summed E-state index contributed by atoms with van der Waals surface area (Å²) in [6, 6.07) is 40.5. The summed E-state index contributed by atoms with van der Waals surface area (Å²) in [7, 11) is 0. The molecule has 0 atom stereocenters. The normalized spacial score (nSPS) is 11.1. The molecule has 2 aromatic heterocycles.